The molecule has 0 radical (unpaired) electrons. The van der Waals surface area contributed by atoms with Gasteiger partial charge in [-0.2, -0.15) is 5.10 Å². The number of nitrogens with zero attached hydrogens (tertiary/aromatic N) is 6. The van der Waals surface area contributed by atoms with Crippen molar-refractivity contribution < 1.29 is 4.79 Å². The second kappa shape index (κ2) is 6.18. The Hall–Kier alpha value is -3.35. The first kappa shape index (κ1) is 16.1. The van der Waals surface area contributed by atoms with Crippen LogP contribution in [0.1, 0.15) is 16.2 Å². The van der Waals surface area contributed by atoms with E-state index in [0.29, 0.717) is 12.1 Å². The number of imidazole rings is 1. The maximum atomic E-state index is 13.0. The van der Waals surface area contributed by atoms with Crippen molar-refractivity contribution in [2.75, 3.05) is 7.05 Å². The molecule has 0 saturated heterocycles. The molecule has 1 aromatic carbocycles. The van der Waals surface area contributed by atoms with Gasteiger partial charge in [0.15, 0.2) is 0 Å². The van der Waals surface area contributed by atoms with Crippen molar-refractivity contribution in [2.24, 2.45) is 14.1 Å². The number of carbonyl (C=O) groups excluding carboxylic acids is 1. The van der Waals surface area contributed by atoms with Crippen molar-refractivity contribution in [1.82, 2.24) is 28.8 Å². The van der Waals surface area contributed by atoms with Crippen molar-refractivity contribution in [1.29, 1.82) is 0 Å². The lowest BCUT2D eigenvalue weighted by atomic mass is 10.2. The summed E-state index contributed by atoms with van der Waals surface area (Å²) in [6, 6.07) is 11.8. The van der Waals surface area contributed by atoms with Crippen LogP contribution in [0.4, 0.5) is 0 Å². The number of aryl methyl sites for hydroxylation is 2. The van der Waals surface area contributed by atoms with Gasteiger partial charge in [0.2, 0.25) is 0 Å². The van der Waals surface area contributed by atoms with Gasteiger partial charge in [-0.1, -0.05) is 12.1 Å². The smallest absolute Gasteiger partial charge is 0.259 e. The van der Waals surface area contributed by atoms with Crippen LogP contribution in [-0.2, 0) is 20.6 Å². The number of hydrogen-bond acceptors (Lipinski definition) is 3. The third kappa shape index (κ3) is 2.57. The highest BCUT2D eigenvalue weighted by molar-refractivity contribution is 5.97. The Balaban J connectivity index is 1.64. The molecule has 0 aliphatic rings. The van der Waals surface area contributed by atoms with E-state index in [4.69, 9.17) is 0 Å². The second-order valence-electron chi connectivity index (χ2n) is 6.33. The molecule has 26 heavy (non-hydrogen) atoms. The third-order valence-corrected chi connectivity index (χ3v) is 4.59. The Morgan fingerprint density at radius 2 is 1.85 bits per heavy atom. The van der Waals surface area contributed by atoms with Crippen LogP contribution in [0.5, 0.6) is 0 Å². The van der Waals surface area contributed by atoms with Crippen molar-refractivity contribution >= 4 is 16.9 Å². The van der Waals surface area contributed by atoms with E-state index in [2.05, 4.69) is 10.1 Å². The molecule has 0 aliphatic carbocycles. The van der Waals surface area contributed by atoms with Crippen LogP contribution in [0.25, 0.3) is 16.9 Å². The predicted molar refractivity (Wildman–Crippen MR) is 99.0 cm³/mol. The number of carbonyl (C=O) groups is 1. The molecule has 4 rings (SSSR count). The molecule has 0 fully saturated rings. The van der Waals surface area contributed by atoms with Crippen molar-refractivity contribution in [3.8, 4) is 5.82 Å². The summed E-state index contributed by atoms with van der Waals surface area (Å²) in [7, 11) is 5.59. The molecule has 0 saturated carbocycles. The molecule has 7 heteroatoms. The number of para-hydroxylation sites is 2. The molecule has 0 aliphatic heterocycles. The normalized spacial score (nSPS) is 11.2. The van der Waals surface area contributed by atoms with Gasteiger partial charge in [0.25, 0.3) is 5.91 Å². The van der Waals surface area contributed by atoms with E-state index in [-0.39, 0.29) is 5.91 Å². The molecule has 3 aromatic heterocycles. The van der Waals surface area contributed by atoms with E-state index in [0.717, 1.165) is 22.7 Å². The molecule has 0 N–H and O–H groups in total. The monoisotopic (exact) mass is 348 g/mol. The van der Waals surface area contributed by atoms with Crippen LogP contribution in [0.3, 0.4) is 0 Å². The van der Waals surface area contributed by atoms with Gasteiger partial charge in [-0.3, -0.25) is 9.48 Å². The van der Waals surface area contributed by atoms with Gasteiger partial charge >= 0.3 is 0 Å². The van der Waals surface area contributed by atoms with Crippen molar-refractivity contribution in [3.63, 3.8) is 0 Å². The quantitative estimate of drug-likeness (QED) is 0.569. The molecule has 0 spiro atoms. The molecule has 1 amide bonds. The summed E-state index contributed by atoms with van der Waals surface area (Å²) in [6.07, 6.45) is 5.42. The minimum Gasteiger partial charge on any atom is -0.334 e. The van der Waals surface area contributed by atoms with Gasteiger partial charge in [0.1, 0.15) is 17.2 Å². The molecule has 0 bridgehead atoms. The number of hydrogen-bond donors (Lipinski definition) is 0. The Morgan fingerprint density at radius 3 is 2.58 bits per heavy atom. The highest BCUT2D eigenvalue weighted by Gasteiger charge is 2.22. The zero-order valence-corrected chi connectivity index (χ0v) is 15.0. The van der Waals surface area contributed by atoms with E-state index in [1.54, 1.807) is 22.8 Å². The van der Waals surface area contributed by atoms with E-state index in [1.165, 1.54) is 0 Å². The summed E-state index contributed by atoms with van der Waals surface area (Å²) in [4.78, 5) is 19.3. The maximum Gasteiger partial charge on any atom is 0.259 e. The minimum atomic E-state index is -0.0890. The van der Waals surface area contributed by atoms with E-state index in [9.17, 15) is 4.79 Å². The standard InChI is InChI=1S/C19H20N6O/c1-22(13-17-21-15-8-4-5-9-16(15)23(17)2)19(26)14-12-20-24(3)18(14)25-10-6-7-11-25/h4-12H,13H2,1-3H3. The van der Waals surface area contributed by atoms with Gasteiger partial charge in [-0.05, 0) is 24.3 Å². The SMILES string of the molecule is CN(Cc1nc2ccccc2n1C)C(=O)c1cnn(C)c1-n1cccc1. The highest BCUT2D eigenvalue weighted by atomic mass is 16.2. The lowest BCUT2D eigenvalue weighted by Gasteiger charge is -2.17. The van der Waals surface area contributed by atoms with Gasteiger partial charge in [-0.25, -0.2) is 4.98 Å². The fourth-order valence-corrected chi connectivity index (χ4v) is 3.19. The second-order valence-corrected chi connectivity index (χ2v) is 6.33. The van der Waals surface area contributed by atoms with Crippen molar-refractivity contribution in [3.05, 3.63) is 66.4 Å². The van der Waals surface area contributed by atoms with Crippen LogP contribution in [0.15, 0.2) is 55.0 Å². The first-order valence-electron chi connectivity index (χ1n) is 8.37. The molecular formula is C19H20N6O. The number of amides is 1. The summed E-state index contributed by atoms with van der Waals surface area (Å²) >= 11 is 0. The lowest BCUT2D eigenvalue weighted by Crippen LogP contribution is -2.28. The first-order chi connectivity index (χ1) is 12.6. The highest BCUT2D eigenvalue weighted by Crippen LogP contribution is 2.19. The van der Waals surface area contributed by atoms with E-state index >= 15 is 0 Å². The molecule has 132 valence electrons. The molecular weight excluding hydrogens is 328 g/mol. The summed E-state index contributed by atoms with van der Waals surface area (Å²) in [5, 5.41) is 4.26. The number of benzene rings is 1. The van der Waals surface area contributed by atoms with Crippen molar-refractivity contribution in [2.45, 2.75) is 6.54 Å². The van der Waals surface area contributed by atoms with Gasteiger partial charge in [0, 0.05) is 33.5 Å². The molecule has 3 heterocycles. The van der Waals surface area contributed by atoms with Crippen LogP contribution in [-0.4, -0.2) is 41.8 Å². The Bertz CT molecular complexity index is 1070. The summed E-state index contributed by atoms with van der Waals surface area (Å²) < 4.78 is 5.62. The molecule has 4 aromatic rings. The van der Waals surface area contributed by atoms with Crippen LogP contribution < -0.4 is 0 Å². The minimum absolute atomic E-state index is 0.0890. The molecule has 7 nitrogen and oxygen atoms in total. The van der Waals surface area contributed by atoms with Gasteiger partial charge in [0.05, 0.1) is 23.8 Å². The molecule has 0 atom stereocenters. The Labute approximate surface area is 151 Å². The summed E-state index contributed by atoms with van der Waals surface area (Å²) in [5.41, 5.74) is 2.54. The first-order valence-corrected chi connectivity index (χ1v) is 8.37. The summed E-state index contributed by atoms with van der Waals surface area (Å²) in [5.74, 6) is 1.50. The Morgan fingerprint density at radius 1 is 1.12 bits per heavy atom. The number of fused-ring (bicyclic) bond motifs is 1. The number of aromatic nitrogens is 5. The summed E-state index contributed by atoms with van der Waals surface area (Å²) in [6.45, 7) is 0.421. The predicted octanol–water partition coefficient (Wildman–Crippen LogP) is 2.37. The third-order valence-electron chi connectivity index (χ3n) is 4.59. The largest absolute Gasteiger partial charge is 0.334 e. The van der Waals surface area contributed by atoms with Crippen LogP contribution in [0.2, 0.25) is 0 Å². The fourth-order valence-electron chi connectivity index (χ4n) is 3.19. The lowest BCUT2D eigenvalue weighted by molar-refractivity contribution is 0.0780. The zero-order chi connectivity index (χ0) is 18.3. The van der Waals surface area contributed by atoms with Gasteiger partial charge < -0.3 is 14.0 Å². The average Bonchev–Trinajstić information content (AvgIpc) is 3.35. The Kier molecular flexibility index (Phi) is 3.84. The molecule has 0 unspecified atom stereocenters. The fraction of sp³-hybridized carbons (Fsp3) is 0.211. The topological polar surface area (TPSA) is 60.9 Å². The average molecular weight is 348 g/mol. The van der Waals surface area contributed by atoms with E-state index < -0.39 is 0 Å². The number of rotatable bonds is 4. The van der Waals surface area contributed by atoms with Crippen LogP contribution >= 0.6 is 0 Å². The maximum absolute atomic E-state index is 13.0. The van der Waals surface area contributed by atoms with Crippen LogP contribution in [0, 0.1) is 0 Å². The zero-order valence-electron chi connectivity index (χ0n) is 15.0. The van der Waals surface area contributed by atoms with Gasteiger partial charge in [-0.15, -0.1) is 0 Å². The van der Waals surface area contributed by atoms with E-state index in [1.807, 2.05) is 72.0 Å².